The van der Waals surface area contributed by atoms with E-state index < -0.39 is 23.3 Å². The largest absolute Gasteiger partial charge is 0.484 e. The smallest absolute Gasteiger partial charge is 0.311 e. The standard InChI is InChI=1S/C12H13FO3/c1-12(2)6-8(11(14)15)7-4-3-5-9(13)10(7)16-12/h3-5,8H,6H2,1-2H3,(H,14,15). The number of fused-ring (bicyclic) bond motifs is 1. The molecule has 4 heteroatoms. The first-order valence-electron chi connectivity index (χ1n) is 5.11. The summed E-state index contributed by atoms with van der Waals surface area (Å²) < 4.78 is 19.0. The number of hydrogen-bond donors (Lipinski definition) is 1. The van der Waals surface area contributed by atoms with Crippen LogP contribution in [0.15, 0.2) is 18.2 Å². The van der Waals surface area contributed by atoms with Gasteiger partial charge in [-0.15, -0.1) is 0 Å². The first-order valence-corrected chi connectivity index (χ1v) is 5.11. The zero-order chi connectivity index (χ0) is 11.9. The van der Waals surface area contributed by atoms with Gasteiger partial charge in [0.25, 0.3) is 0 Å². The third-order valence-corrected chi connectivity index (χ3v) is 2.75. The summed E-state index contributed by atoms with van der Waals surface area (Å²) in [4.78, 5) is 11.1. The van der Waals surface area contributed by atoms with Crippen molar-refractivity contribution >= 4 is 5.97 Å². The quantitative estimate of drug-likeness (QED) is 0.797. The van der Waals surface area contributed by atoms with Gasteiger partial charge in [0.2, 0.25) is 0 Å². The van der Waals surface area contributed by atoms with E-state index in [9.17, 15) is 9.18 Å². The number of carboxylic acids is 1. The van der Waals surface area contributed by atoms with Crippen molar-refractivity contribution < 1.29 is 19.0 Å². The molecule has 0 aromatic heterocycles. The highest BCUT2D eigenvalue weighted by atomic mass is 19.1. The van der Waals surface area contributed by atoms with E-state index in [2.05, 4.69) is 0 Å². The van der Waals surface area contributed by atoms with Gasteiger partial charge >= 0.3 is 5.97 Å². The van der Waals surface area contributed by atoms with Crippen LogP contribution in [0.1, 0.15) is 31.7 Å². The van der Waals surface area contributed by atoms with Gasteiger partial charge in [0, 0.05) is 12.0 Å². The fourth-order valence-corrected chi connectivity index (χ4v) is 2.05. The van der Waals surface area contributed by atoms with E-state index in [-0.39, 0.29) is 5.75 Å². The van der Waals surface area contributed by atoms with Crippen LogP contribution in [0.3, 0.4) is 0 Å². The zero-order valence-corrected chi connectivity index (χ0v) is 9.16. The maximum Gasteiger partial charge on any atom is 0.311 e. The molecule has 1 aromatic carbocycles. The molecule has 0 saturated heterocycles. The Morgan fingerprint density at radius 3 is 2.88 bits per heavy atom. The molecule has 1 aliphatic heterocycles. The van der Waals surface area contributed by atoms with Crippen LogP contribution in [-0.4, -0.2) is 16.7 Å². The summed E-state index contributed by atoms with van der Waals surface area (Å²) in [6.07, 6.45) is 0.346. The lowest BCUT2D eigenvalue weighted by atomic mass is 9.84. The van der Waals surface area contributed by atoms with Gasteiger partial charge < -0.3 is 9.84 Å². The van der Waals surface area contributed by atoms with Crippen LogP contribution in [0, 0.1) is 5.82 Å². The van der Waals surface area contributed by atoms with Crippen LogP contribution >= 0.6 is 0 Å². The Labute approximate surface area is 92.9 Å². The molecule has 1 atom stereocenters. The number of para-hydroxylation sites is 1. The first-order chi connectivity index (χ1) is 7.41. The number of benzene rings is 1. The molecule has 1 unspecified atom stereocenters. The van der Waals surface area contributed by atoms with E-state index in [1.807, 2.05) is 0 Å². The van der Waals surface area contributed by atoms with Crippen molar-refractivity contribution in [3.63, 3.8) is 0 Å². The van der Waals surface area contributed by atoms with Crippen LogP contribution < -0.4 is 4.74 Å². The van der Waals surface area contributed by atoms with Gasteiger partial charge in [-0.3, -0.25) is 4.79 Å². The molecule has 2 rings (SSSR count). The summed E-state index contributed by atoms with van der Waals surface area (Å²) in [6, 6.07) is 4.39. The monoisotopic (exact) mass is 224 g/mol. The number of halogens is 1. The molecule has 16 heavy (non-hydrogen) atoms. The number of ether oxygens (including phenoxy) is 1. The fourth-order valence-electron chi connectivity index (χ4n) is 2.05. The van der Waals surface area contributed by atoms with Gasteiger partial charge in [-0.1, -0.05) is 12.1 Å². The Morgan fingerprint density at radius 2 is 2.25 bits per heavy atom. The summed E-state index contributed by atoms with van der Waals surface area (Å²) in [5.74, 6) is -2.07. The van der Waals surface area contributed by atoms with Crippen LogP contribution in [0.2, 0.25) is 0 Å². The van der Waals surface area contributed by atoms with Crippen molar-refractivity contribution in [2.24, 2.45) is 0 Å². The molecule has 86 valence electrons. The minimum Gasteiger partial charge on any atom is -0.484 e. The van der Waals surface area contributed by atoms with Gasteiger partial charge in [0.1, 0.15) is 5.60 Å². The highest BCUT2D eigenvalue weighted by molar-refractivity contribution is 5.78. The van der Waals surface area contributed by atoms with Crippen molar-refractivity contribution in [1.29, 1.82) is 0 Å². The number of carboxylic acid groups (broad SMARTS) is 1. The summed E-state index contributed by atoms with van der Waals surface area (Å²) in [7, 11) is 0. The van der Waals surface area contributed by atoms with Gasteiger partial charge in [0.05, 0.1) is 5.92 Å². The van der Waals surface area contributed by atoms with Gasteiger partial charge in [0.15, 0.2) is 11.6 Å². The minimum absolute atomic E-state index is 0.0751. The SMILES string of the molecule is CC1(C)CC(C(=O)O)c2cccc(F)c2O1. The van der Waals surface area contributed by atoms with E-state index in [1.165, 1.54) is 12.1 Å². The van der Waals surface area contributed by atoms with E-state index in [0.29, 0.717) is 12.0 Å². The number of carbonyl (C=O) groups is 1. The van der Waals surface area contributed by atoms with E-state index in [1.54, 1.807) is 19.9 Å². The van der Waals surface area contributed by atoms with Gasteiger partial charge in [-0.05, 0) is 19.9 Å². The summed E-state index contributed by atoms with van der Waals surface area (Å²) in [6.45, 7) is 3.52. The Balaban J connectivity index is 2.55. The van der Waals surface area contributed by atoms with E-state index in [0.717, 1.165) is 0 Å². The maximum atomic E-state index is 13.5. The highest BCUT2D eigenvalue weighted by Gasteiger charge is 2.38. The second-order valence-corrected chi connectivity index (χ2v) is 4.61. The lowest BCUT2D eigenvalue weighted by Crippen LogP contribution is -2.37. The van der Waals surface area contributed by atoms with Crippen molar-refractivity contribution in [2.75, 3.05) is 0 Å². The zero-order valence-electron chi connectivity index (χ0n) is 9.16. The molecule has 0 fully saturated rings. The third kappa shape index (κ3) is 1.75. The predicted molar refractivity (Wildman–Crippen MR) is 56.1 cm³/mol. The first kappa shape index (κ1) is 10.9. The Bertz CT molecular complexity index is 440. The summed E-state index contributed by atoms with van der Waals surface area (Å²) in [5.41, 5.74) is -0.232. The Morgan fingerprint density at radius 1 is 1.56 bits per heavy atom. The number of hydrogen-bond acceptors (Lipinski definition) is 2. The molecule has 0 aliphatic carbocycles. The van der Waals surface area contributed by atoms with Crippen molar-refractivity contribution in [2.45, 2.75) is 31.8 Å². The molecule has 1 aromatic rings. The number of rotatable bonds is 1. The van der Waals surface area contributed by atoms with Crippen molar-refractivity contribution in [3.8, 4) is 5.75 Å². The average Bonchev–Trinajstić information content (AvgIpc) is 2.17. The molecule has 3 nitrogen and oxygen atoms in total. The van der Waals surface area contributed by atoms with E-state index >= 15 is 0 Å². The second kappa shape index (κ2) is 3.47. The second-order valence-electron chi connectivity index (χ2n) is 4.61. The molecular formula is C12H13FO3. The van der Waals surface area contributed by atoms with Crippen LogP contribution in [-0.2, 0) is 4.79 Å². The third-order valence-electron chi connectivity index (χ3n) is 2.75. The van der Waals surface area contributed by atoms with Crippen LogP contribution in [0.25, 0.3) is 0 Å². The summed E-state index contributed by atoms with van der Waals surface area (Å²) in [5, 5.41) is 9.13. The molecule has 0 saturated carbocycles. The predicted octanol–water partition coefficient (Wildman–Crippen LogP) is 2.56. The lowest BCUT2D eigenvalue weighted by molar-refractivity contribution is -0.140. The number of aliphatic carboxylic acids is 1. The summed E-state index contributed by atoms with van der Waals surface area (Å²) >= 11 is 0. The maximum absolute atomic E-state index is 13.5. The topological polar surface area (TPSA) is 46.5 Å². The van der Waals surface area contributed by atoms with Gasteiger partial charge in [-0.25, -0.2) is 4.39 Å². The Hall–Kier alpha value is -1.58. The molecule has 0 spiro atoms. The molecular weight excluding hydrogens is 211 g/mol. The Kier molecular flexibility index (Phi) is 2.37. The highest BCUT2D eigenvalue weighted by Crippen LogP contribution is 2.42. The minimum atomic E-state index is -0.941. The average molecular weight is 224 g/mol. The molecule has 1 heterocycles. The molecule has 0 amide bonds. The normalized spacial score (nSPS) is 22.1. The van der Waals surface area contributed by atoms with Crippen molar-refractivity contribution in [3.05, 3.63) is 29.6 Å². The molecule has 0 radical (unpaired) electrons. The van der Waals surface area contributed by atoms with Crippen LogP contribution in [0.4, 0.5) is 4.39 Å². The molecule has 1 aliphatic rings. The fraction of sp³-hybridized carbons (Fsp3) is 0.417. The van der Waals surface area contributed by atoms with Crippen molar-refractivity contribution in [1.82, 2.24) is 0 Å². The lowest BCUT2D eigenvalue weighted by Gasteiger charge is -2.36. The van der Waals surface area contributed by atoms with Gasteiger partial charge in [-0.2, -0.15) is 0 Å². The van der Waals surface area contributed by atoms with Crippen LogP contribution in [0.5, 0.6) is 5.75 Å². The molecule has 0 bridgehead atoms. The van der Waals surface area contributed by atoms with E-state index in [4.69, 9.17) is 9.84 Å². The molecule has 1 N–H and O–H groups in total.